The van der Waals surface area contributed by atoms with Crippen molar-refractivity contribution in [1.82, 2.24) is 19.6 Å². The Morgan fingerprint density at radius 2 is 1.86 bits per heavy atom. The predicted molar refractivity (Wildman–Crippen MR) is 159 cm³/mol. The molecule has 2 aromatic carbocycles. The minimum absolute atomic E-state index is 0.229. The summed E-state index contributed by atoms with van der Waals surface area (Å²) in [5.74, 6) is 2.72. The number of ether oxygens (including phenoxy) is 5. The number of aromatic nitrogens is 4. The maximum absolute atomic E-state index is 6.37. The number of benzene rings is 2. The highest BCUT2D eigenvalue weighted by atomic mass is 32.1. The molecule has 0 aliphatic carbocycles. The molecule has 0 amide bonds. The van der Waals surface area contributed by atoms with Crippen molar-refractivity contribution < 1.29 is 28.1 Å². The molecule has 0 unspecified atom stereocenters. The van der Waals surface area contributed by atoms with Crippen LogP contribution in [0.1, 0.15) is 29.1 Å². The van der Waals surface area contributed by atoms with E-state index in [1.54, 1.807) is 43.4 Å². The molecular weight excluding hydrogens is 576 g/mol. The van der Waals surface area contributed by atoms with Gasteiger partial charge in [0.15, 0.2) is 5.76 Å². The normalized spacial score (nSPS) is 14.8. The maximum Gasteiger partial charge on any atom is 0.294 e. The fraction of sp³-hybridized carbons (Fsp3) is 0.300. The molecule has 0 bridgehead atoms. The number of rotatable bonds is 9. The number of hydrogen-bond acceptors (Lipinski definition) is 11. The molecule has 1 fully saturated rings. The Bertz CT molecular complexity index is 1870. The molecule has 1 aliphatic rings. The molecule has 0 N–H and O–H groups in total. The van der Waals surface area contributed by atoms with E-state index in [0.29, 0.717) is 58.5 Å². The lowest BCUT2D eigenvalue weighted by atomic mass is 9.74. The maximum atomic E-state index is 6.37. The van der Waals surface area contributed by atoms with Crippen LogP contribution in [-0.4, -0.2) is 54.1 Å². The summed E-state index contributed by atoms with van der Waals surface area (Å²) < 4.78 is 36.4. The summed E-state index contributed by atoms with van der Waals surface area (Å²) in [5.41, 5.74) is 3.17. The lowest BCUT2D eigenvalue weighted by Crippen LogP contribution is -2.35. The molecule has 7 rings (SSSR count). The van der Waals surface area contributed by atoms with Crippen LogP contribution in [0, 0.1) is 0 Å². The van der Waals surface area contributed by atoms with Gasteiger partial charge in [0, 0.05) is 30.7 Å². The molecule has 1 saturated heterocycles. The van der Waals surface area contributed by atoms with Crippen molar-refractivity contribution in [2.75, 3.05) is 34.5 Å². The van der Waals surface area contributed by atoms with Crippen molar-refractivity contribution in [2.45, 2.75) is 24.9 Å². The standard InChI is InChI=1S/C30H28N4O6S2/c1-35-20-6-4-5-18(11-20)30(7-9-38-10-8-30)27-32-19(17-41-27)16-39-24-12-21(36-2)13-25-22(24)14-26(40-25)23-15-31-28-34(23)33-29(37-3)42-28/h4-6,11-15,17H,7-10,16H2,1-3H3. The highest BCUT2D eigenvalue weighted by Crippen LogP contribution is 2.44. The average molecular weight is 605 g/mol. The second kappa shape index (κ2) is 10.9. The van der Waals surface area contributed by atoms with Crippen molar-refractivity contribution in [3.63, 3.8) is 0 Å². The van der Waals surface area contributed by atoms with E-state index in [9.17, 15) is 0 Å². The number of fused-ring (bicyclic) bond motifs is 2. The van der Waals surface area contributed by atoms with Crippen LogP contribution >= 0.6 is 22.7 Å². The molecule has 42 heavy (non-hydrogen) atoms. The Morgan fingerprint density at radius 3 is 2.67 bits per heavy atom. The third-order valence-corrected chi connectivity index (χ3v) is 9.59. The quantitative estimate of drug-likeness (QED) is 0.186. The third kappa shape index (κ3) is 4.65. The van der Waals surface area contributed by atoms with Crippen LogP contribution in [-0.2, 0) is 16.8 Å². The predicted octanol–water partition coefficient (Wildman–Crippen LogP) is 6.36. The number of thiazole rings is 1. The molecule has 216 valence electrons. The lowest BCUT2D eigenvalue weighted by Gasteiger charge is -2.36. The molecule has 4 aromatic heterocycles. The van der Waals surface area contributed by atoms with Crippen LogP contribution in [0.2, 0.25) is 0 Å². The van der Waals surface area contributed by atoms with Crippen LogP contribution in [0.15, 0.2) is 58.5 Å². The van der Waals surface area contributed by atoms with Gasteiger partial charge < -0.3 is 28.1 Å². The first kappa shape index (κ1) is 26.7. The molecule has 1 aliphatic heterocycles. The molecule has 12 heteroatoms. The van der Waals surface area contributed by atoms with E-state index >= 15 is 0 Å². The molecule has 0 spiro atoms. The Balaban J connectivity index is 1.19. The van der Waals surface area contributed by atoms with Crippen LogP contribution < -0.4 is 18.9 Å². The van der Waals surface area contributed by atoms with Gasteiger partial charge in [-0.15, -0.1) is 16.4 Å². The second-order valence-corrected chi connectivity index (χ2v) is 11.7. The first-order chi connectivity index (χ1) is 20.6. The van der Waals surface area contributed by atoms with Crippen molar-refractivity contribution in [2.24, 2.45) is 0 Å². The van der Waals surface area contributed by atoms with E-state index in [2.05, 4.69) is 27.6 Å². The molecule has 0 saturated carbocycles. The minimum Gasteiger partial charge on any atom is -0.497 e. The van der Waals surface area contributed by atoms with E-state index in [1.165, 1.54) is 16.9 Å². The molecule has 5 heterocycles. The fourth-order valence-corrected chi connectivity index (χ4v) is 7.16. The van der Waals surface area contributed by atoms with Crippen molar-refractivity contribution in [1.29, 1.82) is 0 Å². The van der Waals surface area contributed by atoms with Crippen LogP contribution in [0.4, 0.5) is 0 Å². The summed E-state index contributed by atoms with van der Waals surface area (Å²) in [4.78, 5) is 10.2. The number of furan rings is 1. The van der Waals surface area contributed by atoms with Gasteiger partial charge >= 0.3 is 0 Å². The summed E-state index contributed by atoms with van der Waals surface area (Å²) in [6.07, 6.45) is 3.45. The number of hydrogen-bond donors (Lipinski definition) is 0. The summed E-state index contributed by atoms with van der Waals surface area (Å²) in [7, 11) is 4.90. The van der Waals surface area contributed by atoms with E-state index in [1.807, 2.05) is 30.3 Å². The van der Waals surface area contributed by atoms with Crippen molar-refractivity contribution >= 4 is 38.6 Å². The Labute approximate surface area is 249 Å². The SMILES string of the molecule is COc1cccc(C2(c3nc(COc4cc(OC)cc5oc(-c6cnc7sc(OC)nn67)cc45)cs3)CCOCC2)c1. The van der Waals surface area contributed by atoms with Crippen molar-refractivity contribution in [3.8, 4) is 33.9 Å². The van der Waals surface area contributed by atoms with E-state index < -0.39 is 0 Å². The van der Waals surface area contributed by atoms with Gasteiger partial charge in [-0.05, 0) is 47.9 Å². The van der Waals surface area contributed by atoms with Crippen LogP contribution in [0.5, 0.6) is 22.4 Å². The van der Waals surface area contributed by atoms with Gasteiger partial charge in [-0.3, -0.25) is 0 Å². The molecule has 6 aromatic rings. The van der Waals surface area contributed by atoms with Gasteiger partial charge in [0.05, 0.1) is 44.0 Å². The zero-order valence-electron chi connectivity index (χ0n) is 23.3. The summed E-state index contributed by atoms with van der Waals surface area (Å²) in [6.45, 7) is 1.67. The molecule has 0 atom stereocenters. The van der Waals surface area contributed by atoms with Gasteiger partial charge in [-0.1, -0.05) is 12.1 Å². The van der Waals surface area contributed by atoms with Gasteiger partial charge in [0.2, 0.25) is 4.96 Å². The second-order valence-electron chi connectivity index (χ2n) is 9.92. The van der Waals surface area contributed by atoms with Gasteiger partial charge in [-0.25, -0.2) is 9.97 Å². The largest absolute Gasteiger partial charge is 0.497 e. The average Bonchev–Trinajstić information content (AvgIpc) is 3.83. The van der Waals surface area contributed by atoms with E-state index in [-0.39, 0.29) is 5.41 Å². The highest BCUT2D eigenvalue weighted by molar-refractivity contribution is 7.18. The van der Waals surface area contributed by atoms with E-state index in [4.69, 9.17) is 33.1 Å². The zero-order valence-corrected chi connectivity index (χ0v) is 24.9. The van der Waals surface area contributed by atoms with Gasteiger partial charge in [-0.2, -0.15) is 4.52 Å². The third-order valence-electron chi connectivity index (χ3n) is 7.61. The van der Waals surface area contributed by atoms with Crippen LogP contribution in [0.25, 0.3) is 27.4 Å². The van der Waals surface area contributed by atoms with Gasteiger partial charge in [0.25, 0.3) is 5.19 Å². The smallest absolute Gasteiger partial charge is 0.294 e. The Morgan fingerprint density at radius 1 is 1.00 bits per heavy atom. The van der Waals surface area contributed by atoms with Crippen molar-refractivity contribution in [3.05, 3.63) is 70.3 Å². The first-order valence-corrected chi connectivity index (χ1v) is 15.1. The number of nitrogens with zero attached hydrogens (tertiary/aromatic N) is 4. The molecule has 0 radical (unpaired) electrons. The molecular formula is C30H28N4O6S2. The fourth-order valence-electron chi connectivity index (χ4n) is 5.38. The number of methoxy groups -OCH3 is 3. The van der Waals surface area contributed by atoms with Crippen LogP contribution in [0.3, 0.4) is 0 Å². The monoisotopic (exact) mass is 604 g/mol. The minimum atomic E-state index is -0.229. The lowest BCUT2D eigenvalue weighted by molar-refractivity contribution is 0.0629. The topological polar surface area (TPSA) is 102 Å². The summed E-state index contributed by atoms with van der Waals surface area (Å²) in [5, 5.41) is 8.93. The summed E-state index contributed by atoms with van der Waals surface area (Å²) >= 11 is 3.02. The number of imidazole rings is 1. The summed E-state index contributed by atoms with van der Waals surface area (Å²) in [6, 6.07) is 13.9. The van der Waals surface area contributed by atoms with E-state index in [0.717, 1.165) is 34.7 Å². The highest BCUT2D eigenvalue weighted by Gasteiger charge is 2.39. The Hall–Kier alpha value is -4.13. The Kier molecular flexibility index (Phi) is 6.96. The van der Waals surface area contributed by atoms with Gasteiger partial charge in [0.1, 0.15) is 40.1 Å². The zero-order chi connectivity index (χ0) is 28.7. The first-order valence-electron chi connectivity index (χ1n) is 13.4. The molecule has 10 nitrogen and oxygen atoms in total.